The molecule has 1 saturated heterocycles. The first-order valence-corrected chi connectivity index (χ1v) is 6.95. The van der Waals surface area contributed by atoms with Crippen molar-refractivity contribution in [1.82, 2.24) is 10.2 Å². The van der Waals surface area contributed by atoms with Crippen molar-refractivity contribution >= 4 is 0 Å². The van der Waals surface area contributed by atoms with Crippen LogP contribution in [-0.2, 0) is 6.18 Å². The van der Waals surface area contributed by atoms with Gasteiger partial charge in [-0.2, -0.15) is 13.2 Å². The molecule has 1 aromatic carbocycles. The number of benzene rings is 1. The molecular formula is C15H21F3N2. The molecule has 1 heterocycles. The lowest BCUT2D eigenvalue weighted by Gasteiger charge is -2.41. The molecular weight excluding hydrogens is 265 g/mol. The van der Waals surface area contributed by atoms with Crippen molar-refractivity contribution in [1.29, 1.82) is 0 Å². The molecule has 0 spiro atoms. The Kier molecular flexibility index (Phi) is 4.39. The van der Waals surface area contributed by atoms with E-state index in [9.17, 15) is 13.2 Å². The molecule has 0 saturated carbocycles. The van der Waals surface area contributed by atoms with E-state index in [1.54, 1.807) is 6.07 Å². The highest BCUT2D eigenvalue weighted by Crippen LogP contribution is 2.32. The summed E-state index contributed by atoms with van der Waals surface area (Å²) in [6.45, 7) is 7.88. The Hall–Kier alpha value is -1.07. The third-order valence-electron chi connectivity index (χ3n) is 4.01. The molecule has 0 radical (unpaired) electrons. The summed E-state index contributed by atoms with van der Waals surface area (Å²) in [5.74, 6) is 0. The Morgan fingerprint density at radius 3 is 2.65 bits per heavy atom. The summed E-state index contributed by atoms with van der Waals surface area (Å²) in [5, 5.41) is 3.38. The van der Waals surface area contributed by atoms with Crippen LogP contribution in [0.5, 0.6) is 0 Å². The van der Waals surface area contributed by atoms with Gasteiger partial charge in [-0.25, -0.2) is 0 Å². The zero-order valence-electron chi connectivity index (χ0n) is 12.0. The molecule has 0 aliphatic carbocycles. The second-order valence-corrected chi connectivity index (χ2v) is 5.65. The molecule has 0 aromatic heterocycles. The van der Waals surface area contributed by atoms with E-state index in [1.807, 2.05) is 6.92 Å². The van der Waals surface area contributed by atoms with Crippen molar-refractivity contribution in [3.05, 3.63) is 35.4 Å². The first-order valence-electron chi connectivity index (χ1n) is 6.95. The van der Waals surface area contributed by atoms with Crippen LogP contribution in [0, 0.1) is 0 Å². The highest BCUT2D eigenvalue weighted by molar-refractivity contribution is 5.28. The van der Waals surface area contributed by atoms with Gasteiger partial charge in [-0.15, -0.1) is 0 Å². The van der Waals surface area contributed by atoms with Crippen LogP contribution in [0.3, 0.4) is 0 Å². The third-order valence-corrected chi connectivity index (χ3v) is 4.01. The molecule has 3 atom stereocenters. The van der Waals surface area contributed by atoms with Gasteiger partial charge in [0.05, 0.1) is 5.56 Å². The number of halogens is 3. The smallest absolute Gasteiger partial charge is 0.311 e. The molecule has 5 heteroatoms. The Bertz CT molecular complexity index is 459. The van der Waals surface area contributed by atoms with Gasteiger partial charge in [-0.05, 0) is 38.5 Å². The summed E-state index contributed by atoms with van der Waals surface area (Å²) in [6.07, 6.45) is -4.28. The van der Waals surface area contributed by atoms with Gasteiger partial charge >= 0.3 is 6.18 Å². The fourth-order valence-electron chi connectivity index (χ4n) is 2.76. The van der Waals surface area contributed by atoms with E-state index in [0.717, 1.165) is 24.7 Å². The average molecular weight is 286 g/mol. The fourth-order valence-corrected chi connectivity index (χ4v) is 2.76. The Labute approximate surface area is 118 Å². The summed E-state index contributed by atoms with van der Waals surface area (Å²) in [7, 11) is 0. The molecule has 0 amide bonds. The van der Waals surface area contributed by atoms with E-state index in [1.165, 1.54) is 12.1 Å². The zero-order chi connectivity index (χ0) is 14.9. The van der Waals surface area contributed by atoms with Crippen LogP contribution in [0.4, 0.5) is 13.2 Å². The molecule has 1 fully saturated rings. The Balaban J connectivity index is 2.22. The third kappa shape index (κ3) is 3.33. The first kappa shape index (κ1) is 15.3. The van der Waals surface area contributed by atoms with Crippen LogP contribution in [0.15, 0.2) is 24.3 Å². The van der Waals surface area contributed by atoms with Gasteiger partial charge in [0.25, 0.3) is 0 Å². The predicted octanol–water partition coefficient (Wildman–Crippen LogP) is 3.45. The highest BCUT2D eigenvalue weighted by Gasteiger charge is 2.32. The van der Waals surface area contributed by atoms with Gasteiger partial charge in [-0.1, -0.05) is 12.1 Å². The molecule has 20 heavy (non-hydrogen) atoms. The maximum absolute atomic E-state index is 12.8. The minimum Gasteiger partial charge on any atom is -0.311 e. The molecule has 2 rings (SSSR count). The Morgan fingerprint density at radius 2 is 2.00 bits per heavy atom. The lowest BCUT2D eigenvalue weighted by Crippen LogP contribution is -2.54. The van der Waals surface area contributed by atoms with Crippen LogP contribution in [0.1, 0.15) is 37.9 Å². The SMILES string of the molecule is CC1CN(C(C)c2cccc(C(F)(F)F)c2)C(C)CN1. The van der Waals surface area contributed by atoms with Crippen LogP contribution < -0.4 is 5.32 Å². The summed E-state index contributed by atoms with van der Waals surface area (Å²) in [5.41, 5.74) is 0.151. The van der Waals surface area contributed by atoms with Gasteiger partial charge in [0.1, 0.15) is 0 Å². The van der Waals surface area contributed by atoms with Crippen molar-refractivity contribution in [2.45, 2.75) is 45.1 Å². The van der Waals surface area contributed by atoms with Crippen molar-refractivity contribution in [3.63, 3.8) is 0 Å². The van der Waals surface area contributed by atoms with E-state index >= 15 is 0 Å². The molecule has 1 N–H and O–H groups in total. The summed E-state index contributed by atoms with van der Waals surface area (Å²) in [4.78, 5) is 2.26. The number of piperazine rings is 1. The number of nitrogens with zero attached hydrogens (tertiary/aromatic N) is 1. The van der Waals surface area contributed by atoms with Gasteiger partial charge in [0.2, 0.25) is 0 Å². The van der Waals surface area contributed by atoms with Crippen molar-refractivity contribution in [3.8, 4) is 0 Å². The van der Waals surface area contributed by atoms with Crippen molar-refractivity contribution in [2.75, 3.05) is 13.1 Å². The number of nitrogens with one attached hydrogen (secondary N) is 1. The van der Waals surface area contributed by atoms with Crippen LogP contribution in [-0.4, -0.2) is 30.1 Å². The molecule has 1 aromatic rings. The standard InChI is InChI=1S/C15H21F3N2/c1-10-9-20(11(2)8-19-10)12(3)13-5-4-6-14(7-13)15(16,17)18/h4-7,10-12,19H,8-9H2,1-3H3. The van der Waals surface area contributed by atoms with Crippen molar-refractivity contribution < 1.29 is 13.2 Å². The topological polar surface area (TPSA) is 15.3 Å². The second kappa shape index (κ2) is 5.74. The maximum Gasteiger partial charge on any atom is 0.416 e. The van der Waals surface area contributed by atoms with Gasteiger partial charge < -0.3 is 5.32 Å². The van der Waals surface area contributed by atoms with E-state index in [4.69, 9.17) is 0 Å². The number of alkyl halides is 3. The van der Waals surface area contributed by atoms with Crippen molar-refractivity contribution in [2.24, 2.45) is 0 Å². The van der Waals surface area contributed by atoms with Gasteiger partial charge in [-0.3, -0.25) is 4.90 Å². The van der Waals surface area contributed by atoms with Crippen LogP contribution >= 0.6 is 0 Å². The number of hydrogen-bond acceptors (Lipinski definition) is 2. The maximum atomic E-state index is 12.8. The minimum atomic E-state index is -4.28. The number of hydrogen-bond donors (Lipinski definition) is 1. The number of rotatable bonds is 2. The quantitative estimate of drug-likeness (QED) is 0.896. The molecule has 112 valence electrons. The summed E-state index contributed by atoms with van der Waals surface area (Å²) < 4.78 is 38.4. The van der Waals surface area contributed by atoms with Gasteiger partial charge in [0.15, 0.2) is 0 Å². The van der Waals surface area contributed by atoms with Gasteiger partial charge in [0, 0.05) is 31.2 Å². The normalized spacial score (nSPS) is 26.5. The zero-order valence-corrected chi connectivity index (χ0v) is 12.0. The summed E-state index contributed by atoms with van der Waals surface area (Å²) >= 11 is 0. The molecule has 1 aliphatic heterocycles. The molecule has 2 nitrogen and oxygen atoms in total. The van der Waals surface area contributed by atoms with Crippen LogP contribution in [0.25, 0.3) is 0 Å². The van der Waals surface area contributed by atoms with Crippen LogP contribution in [0.2, 0.25) is 0 Å². The highest BCUT2D eigenvalue weighted by atomic mass is 19.4. The Morgan fingerprint density at radius 1 is 1.30 bits per heavy atom. The molecule has 0 bridgehead atoms. The average Bonchev–Trinajstić information content (AvgIpc) is 2.40. The van der Waals surface area contributed by atoms with E-state index in [2.05, 4.69) is 24.1 Å². The second-order valence-electron chi connectivity index (χ2n) is 5.65. The van der Waals surface area contributed by atoms with E-state index < -0.39 is 11.7 Å². The lowest BCUT2D eigenvalue weighted by atomic mass is 10.00. The van der Waals surface area contributed by atoms with E-state index in [0.29, 0.717) is 12.1 Å². The molecule has 3 unspecified atom stereocenters. The monoisotopic (exact) mass is 286 g/mol. The van der Waals surface area contributed by atoms with E-state index in [-0.39, 0.29) is 6.04 Å². The fraction of sp³-hybridized carbons (Fsp3) is 0.600. The predicted molar refractivity (Wildman–Crippen MR) is 73.5 cm³/mol. The first-order chi connectivity index (χ1) is 9.29. The molecule has 1 aliphatic rings. The minimum absolute atomic E-state index is 0.0168. The lowest BCUT2D eigenvalue weighted by molar-refractivity contribution is -0.137. The largest absolute Gasteiger partial charge is 0.416 e. The summed E-state index contributed by atoms with van der Waals surface area (Å²) in [6, 6.07) is 6.32.